The molecular formula is C15H28N2O4. The van der Waals surface area contributed by atoms with Gasteiger partial charge in [-0.3, -0.25) is 4.79 Å². The summed E-state index contributed by atoms with van der Waals surface area (Å²) in [5.41, 5.74) is -0.402. The molecule has 0 aromatic heterocycles. The van der Waals surface area contributed by atoms with Crippen LogP contribution in [-0.4, -0.2) is 42.4 Å². The Balaban J connectivity index is 2.33. The third kappa shape index (κ3) is 6.33. The van der Waals surface area contributed by atoms with E-state index in [1.807, 2.05) is 20.8 Å². The van der Waals surface area contributed by atoms with Crippen molar-refractivity contribution in [1.82, 2.24) is 10.6 Å². The van der Waals surface area contributed by atoms with E-state index in [1.54, 1.807) is 0 Å². The number of hydrogen-bond donors (Lipinski definition) is 3. The lowest BCUT2D eigenvalue weighted by atomic mass is 9.79. The molecule has 21 heavy (non-hydrogen) atoms. The van der Waals surface area contributed by atoms with E-state index in [-0.39, 0.29) is 17.9 Å². The number of carboxylic acids is 1. The maximum Gasteiger partial charge on any atom is 0.314 e. The largest absolute Gasteiger partial charge is 0.481 e. The third-order valence-corrected chi connectivity index (χ3v) is 3.96. The molecule has 1 aliphatic carbocycles. The molecule has 2 atom stereocenters. The zero-order valence-electron chi connectivity index (χ0n) is 13.3. The Morgan fingerprint density at radius 1 is 1.24 bits per heavy atom. The van der Waals surface area contributed by atoms with Crippen molar-refractivity contribution in [3.8, 4) is 0 Å². The van der Waals surface area contributed by atoms with Gasteiger partial charge in [-0.05, 0) is 39.5 Å². The molecule has 1 saturated carbocycles. The lowest BCUT2D eigenvalue weighted by Crippen LogP contribution is -2.46. The van der Waals surface area contributed by atoms with Crippen LogP contribution in [0.25, 0.3) is 0 Å². The van der Waals surface area contributed by atoms with Gasteiger partial charge in [0.25, 0.3) is 0 Å². The summed E-state index contributed by atoms with van der Waals surface area (Å²) in [7, 11) is 0. The number of hydrogen-bond acceptors (Lipinski definition) is 3. The normalized spacial score (nSPS) is 22.6. The van der Waals surface area contributed by atoms with Crippen LogP contribution in [-0.2, 0) is 9.53 Å². The number of carbonyl (C=O) groups is 2. The van der Waals surface area contributed by atoms with Crippen LogP contribution in [0.3, 0.4) is 0 Å². The Morgan fingerprint density at radius 2 is 1.90 bits per heavy atom. The molecule has 6 nitrogen and oxygen atoms in total. The second kappa shape index (κ2) is 8.22. The van der Waals surface area contributed by atoms with Gasteiger partial charge in [0, 0.05) is 19.7 Å². The van der Waals surface area contributed by atoms with Crippen molar-refractivity contribution in [3.63, 3.8) is 0 Å². The highest BCUT2D eigenvalue weighted by Crippen LogP contribution is 2.29. The topological polar surface area (TPSA) is 87.7 Å². The van der Waals surface area contributed by atoms with Gasteiger partial charge in [0.2, 0.25) is 0 Å². The van der Waals surface area contributed by atoms with Crippen LogP contribution < -0.4 is 10.6 Å². The predicted octanol–water partition coefficient (Wildman–Crippen LogP) is 1.99. The van der Waals surface area contributed by atoms with Crippen LogP contribution in [0.1, 0.15) is 46.5 Å². The van der Waals surface area contributed by atoms with Gasteiger partial charge in [-0.15, -0.1) is 0 Å². The minimum atomic E-state index is -0.751. The van der Waals surface area contributed by atoms with Crippen LogP contribution in [0.2, 0.25) is 0 Å². The van der Waals surface area contributed by atoms with Gasteiger partial charge in [0.05, 0.1) is 11.5 Å². The average molecular weight is 300 g/mol. The summed E-state index contributed by atoms with van der Waals surface area (Å²) >= 11 is 0. The zero-order chi connectivity index (χ0) is 15.9. The minimum absolute atomic E-state index is 0.0295. The Kier molecular flexibility index (Phi) is 6.95. The molecule has 3 N–H and O–H groups in total. The molecule has 1 aliphatic rings. The van der Waals surface area contributed by atoms with Crippen molar-refractivity contribution in [3.05, 3.63) is 0 Å². The second-order valence-electron chi connectivity index (χ2n) is 6.25. The first-order chi connectivity index (χ1) is 9.85. The fourth-order valence-corrected chi connectivity index (χ4v) is 2.80. The van der Waals surface area contributed by atoms with E-state index in [0.717, 1.165) is 19.3 Å². The van der Waals surface area contributed by atoms with E-state index in [4.69, 9.17) is 4.74 Å². The van der Waals surface area contributed by atoms with Crippen LogP contribution in [0.15, 0.2) is 0 Å². The molecule has 6 heteroatoms. The predicted molar refractivity (Wildman–Crippen MR) is 80.2 cm³/mol. The molecule has 0 heterocycles. The second-order valence-corrected chi connectivity index (χ2v) is 6.25. The first-order valence-electron chi connectivity index (χ1n) is 7.74. The molecule has 122 valence electrons. The molecule has 0 aromatic carbocycles. The minimum Gasteiger partial charge on any atom is -0.481 e. The van der Waals surface area contributed by atoms with Gasteiger partial charge < -0.3 is 20.5 Å². The average Bonchev–Trinajstić information content (AvgIpc) is 2.43. The monoisotopic (exact) mass is 300 g/mol. The Bertz CT molecular complexity index is 358. The molecular weight excluding hydrogens is 272 g/mol. The lowest BCUT2D eigenvalue weighted by molar-refractivity contribution is -0.144. The third-order valence-electron chi connectivity index (χ3n) is 3.96. The van der Waals surface area contributed by atoms with E-state index in [2.05, 4.69) is 10.6 Å². The smallest absolute Gasteiger partial charge is 0.314 e. The molecule has 1 rings (SSSR count). The Labute approximate surface area is 126 Å². The van der Waals surface area contributed by atoms with Crippen molar-refractivity contribution >= 4 is 12.0 Å². The fourth-order valence-electron chi connectivity index (χ4n) is 2.80. The number of amides is 2. The molecule has 0 bridgehead atoms. The van der Waals surface area contributed by atoms with Gasteiger partial charge in [-0.2, -0.15) is 0 Å². The fraction of sp³-hybridized carbons (Fsp3) is 0.867. The number of urea groups is 1. The van der Waals surface area contributed by atoms with Crippen LogP contribution in [0.4, 0.5) is 4.79 Å². The molecule has 0 saturated heterocycles. The highest BCUT2D eigenvalue weighted by Gasteiger charge is 2.30. The summed E-state index contributed by atoms with van der Waals surface area (Å²) < 4.78 is 5.50. The molecule has 2 unspecified atom stereocenters. The number of nitrogens with one attached hydrogen (secondary N) is 2. The maximum atomic E-state index is 11.8. The number of rotatable bonds is 7. The first kappa shape index (κ1) is 17.8. The highest BCUT2D eigenvalue weighted by atomic mass is 16.5. The summed E-state index contributed by atoms with van der Waals surface area (Å²) in [6.45, 7) is 7.17. The molecule has 0 spiro atoms. The molecule has 0 aromatic rings. The molecule has 2 amide bonds. The summed E-state index contributed by atoms with van der Waals surface area (Å²) in [6, 6.07) is -0.266. The van der Waals surface area contributed by atoms with Crippen LogP contribution in [0.5, 0.6) is 0 Å². The summed E-state index contributed by atoms with van der Waals surface area (Å²) in [5.74, 6) is -1.06. The van der Waals surface area contributed by atoms with E-state index in [0.29, 0.717) is 26.1 Å². The van der Waals surface area contributed by atoms with Crippen molar-refractivity contribution < 1.29 is 19.4 Å². The number of ether oxygens (including phenoxy) is 1. The van der Waals surface area contributed by atoms with Gasteiger partial charge in [0.15, 0.2) is 0 Å². The highest BCUT2D eigenvalue weighted by molar-refractivity contribution is 5.74. The van der Waals surface area contributed by atoms with Crippen molar-refractivity contribution in [2.24, 2.45) is 11.8 Å². The lowest BCUT2D eigenvalue weighted by Gasteiger charge is -2.29. The van der Waals surface area contributed by atoms with Crippen molar-refractivity contribution in [1.29, 1.82) is 0 Å². The van der Waals surface area contributed by atoms with E-state index in [1.165, 1.54) is 0 Å². The Morgan fingerprint density at radius 3 is 2.52 bits per heavy atom. The van der Waals surface area contributed by atoms with E-state index < -0.39 is 11.6 Å². The molecule has 1 fully saturated rings. The first-order valence-corrected chi connectivity index (χ1v) is 7.74. The van der Waals surface area contributed by atoms with Crippen molar-refractivity contribution in [2.45, 2.75) is 52.1 Å². The Hall–Kier alpha value is -1.30. The molecule has 0 radical (unpaired) electrons. The summed E-state index contributed by atoms with van der Waals surface area (Å²) in [4.78, 5) is 23.0. The van der Waals surface area contributed by atoms with Crippen LogP contribution in [0, 0.1) is 11.8 Å². The molecule has 0 aliphatic heterocycles. The van der Waals surface area contributed by atoms with Crippen LogP contribution >= 0.6 is 0 Å². The zero-order valence-corrected chi connectivity index (χ0v) is 13.3. The SMILES string of the molecule is CCOC(C)(C)CNC(=O)NCC1CCCCC1C(=O)O. The number of aliphatic carboxylic acids is 1. The maximum absolute atomic E-state index is 11.8. The van der Waals surface area contributed by atoms with Gasteiger partial charge in [-0.1, -0.05) is 12.8 Å². The van der Waals surface area contributed by atoms with Gasteiger partial charge in [0.1, 0.15) is 0 Å². The summed E-state index contributed by atoms with van der Waals surface area (Å²) in [5, 5.41) is 14.8. The summed E-state index contributed by atoms with van der Waals surface area (Å²) in [6.07, 6.45) is 3.57. The number of carbonyl (C=O) groups excluding carboxylic acids is 1. The quantitative estimate of drug-likeness (QED) is 0.671. The van der Waals surface area contributed by atoms with E-state index in [9.17, 15) is 14.7 Å². The van der Waals surface area contributed by atoms with Gasteiger partial charge in [-0.25, -0.2) is 4.79 Å². The number of carboxylic acid groups (broad SMARTS) is 1. The van der Waals surface area contributed by atoms with E-state index >= 15 is 0 Å². The standard InChI is InChI=1S/C15H28N2O4/c1-4-21-15(2,3)10-17-14(20)16-9-11-7-5-6-8-12(11)13(18)19/h11-12H,4-10H2,1-3H3,(H,18,19)(H2,16,17,20). The van der Waals surface area contributed by atoms with Crippen molar-refractivity contribution in [2.75, 3.05) is 19.7 Å². The van der Waals surface area contributed by atoms with Gasteiger partial charge >= 0.3 is 12.0 Å².